The molecule has 0 amide bonds. The van der Waals surface area contributed by atoms with E-state index in [0.717, 1.165) is 29.0 Å². The van der Waals surface area contributed by atoms with E-state index in [0.29, 0.717) is 0 Å². The normalized spacial score (nSPS) is 18.2. The maximum Gasteiger partial charge on any atom is 0.123 e. The van der Waals surface area contributed by atoms with E-state index in [4.69, 9.17) is 5.73 Å². The van der Waals surface area contributed by atoms with Gasteiger partial charge in [-0.1, -0.05) is 25.7 Å². The van der Waals surface area contributed by atoms with Crippen LogP contribution in [0.5, 0.6) is 0 Å². The van der Waals surface area contributed by atoms with Crippen molar-refractivity contribution < 1.29 is 4.39 Å². The van der Waals surface area contributed by atoms with Crippen molar-refractivity contribution in [3.63, 3.8) is 0 Å². The highest BCUT2D eigenvalue weighted by Crippen LogP contribution is 2.32. The van der Waals surface area contributed by atoms with Gasteiger partial charge in [0.15, 0.2) is 0 Å². The molecule has 1 atom stereocenters. The Balaban J connectivity index is 2.01. The van der Waals surface area contributed by atoms with Gasteiger partial charge in [-0.2, -0.15) is 0 Å². The average Bonchev–Trinajstić information content (AvgIpc) is 2.77. The van der Waals surface area contributed by atoms with Crippen LogP contribution in [0.1, 0.15) is 61.3 Å². The van der Waals surface area contributed by atoms with Crippen molar-refractivity contribution in [3.8, 4) is 0 Å². The van der Waals surface area contributed by atoms with Gasteiger partial charge in [0.2, 0.25) is 0 Å². The minimum Gasteiger partial charge on any atom is -0.324 e. The second-order valence-electron chi connectivity index (χ2n) is 5.79. The van der Waals surface area contributed by atoms with E-state index < -0.39 is 0 Å². The summed E-state index contributed by atoms with van der Waals surface area (Å²) in [5.74, 6) is 0.717. The summed E-state index contributed by atoms with van der Waals surface area (Å²) in [6.07, 6.45) is 7.75. The fraction of sp³-hybridized carbons (Fsp3) is 0.625. The molecule has 2 heteroatoms. The standard InChI is InChI=1S/C16H24FN/c1-11-9-14(17)10-12(2)16(11)15(18)8-7-13-5-3-4-6-13/h9-10,13,15H,3-8,18H2,1-2H3. The van der Waals surface area contributed by atoms with Gasteiger partial charge in [0.05, 0.1) is 0 Å². The second-order valence-corrected chi connectivity index (χ2v) is 5.79. The summed E-state index contributed by atoms with van der Waals surface area (Å²) in [7, 11) is 0. The summed E-state index contributed by atoms with van der Waals surface area (Å²) in [5, 5.41) is 0. The van der Waals surface area contributed by atoms with Crippen molar-refractivity contribution >= 4 is 0 Å². The lowest BCUT2D eigenvalue weighted by Gasteiger charge is -2.19. The first-order chi connectivity index (χ1) is 8.58. The van der Waals surface area contributed by atoms with Crippen LogP contribution >= 0.6 is 0 Å². The Kier molecular flexibility index (Phi) is 4.39. The van der Waals surface area contributed by atoms with Crippen molar-refractivity contribution in [2.75, 3.05) is 0 Å². The van der Waals surface area contributed by atoms with E-state index in [1.54, 1.807) is 12.1 Å². The van der Waals surface area contributed by atoms with Gasteiger partial charge in [0.1, 0.15) is 5.82 Å². The molecule has 2 rings (SSSR count). The van der Waals surface area contributed by atoms with Crippen LogP contribution < -0.4 is 5.73 Å². The fourth-order valence-electron chi connectivity index (χ4n) is 3.37. The van der Waals surface area contributed by atoms with Gasteiger partial charge in [-0.15, -0.1) is 0 Å². The molecule has 1 saturated carbocycles. The number of hydrogen-bond acceptors (Lipinski definition) is 1. The predicted octanol–water partition coefficient (Wildman–Crippen LogP) is 4.41. The molecule has 1 aliphatic carbocycles. The lowest BCUT2D eigenvalue weighted by atomic mass is 9.90. The van der Waals surface area contributed by atoms with E-state index in [9.17, 15) is 4.39 Å². The second kappa shape index (κ2) is 5.83. The summed E-state index contributed by atoms with van der Waals surface area (Å²) >= 11 is 0. The Morgan fingerprint density at radius 1 is 1.22 bits per heavy atom. The molecular formula is C16H24FN. The fourth-order valence-corrected chi connectivity index (χ4v) is 3.37. The number of hydrogen-bond donors (Lipinski definition) is 1. The first-order valence-electron chi connectivity index (χ1n) is 7.10. The minimum absolute atomic E-state index is 0.0613. The van der Waals surface area contributed by atoms with Crippen LogP contribution in [0.2, 0.25) is 0 Å². The van der Waals surface area contributed by atoms with Crippen LogP contribution in [-0.4, -0.2) is 0 Å². The molecule has 1 aliphatic rings. The topological polar surface area (TPSA) is 26.0 Å². The summed E-state index contributed by atoms with van der Waals surface area (Å²) in [6, 6.07) is 3.25. The Hall–Kier alpha value is -0.890. The van der Waals surface area contributed by atoms with Gasteiger partial charge < -0.3 is 5.73 Å². The van der Waals surface area contributed by atoms with Crippen molar-refractivity contribution in [1.82, 2.24) is 0 Å². The molecule has 1 fully saturated rings. The molecule has 0 aromatic heterocycles. The molecule has 0 saturated heterocycles. The van der Waals surface area contributed by atoms with Crippen molar-refractivity contribution in [2.24, 2.45) is 11.7 Å². The molecule has 0 spiro atoms. The minimum atomic E-state index is -0.156. The van der Waals surface area contributed by atoms with Crippen LogP contribution in [0.25, 0.3) is 0 Å². The number of halogens is 1. The Bertz CT molecular complexity index is 385. The van der Waals surface area contributed by atoms with E-state index >= 15 is 0 Å². The Morgan fingerprint density at radius 2 is 1.78 bits per heavy atom. The molecule has 0 radical (unpaired) electrons. The highest BCUT2D eigenvalue weighted by Gasteiger charge is 2.18. The van der Waals surface area contributed by atoms with Crippen LogP contribution in [0.15, 0.2) is 12.1 Å². The molecule has 100 valence electrons. The van der Waals surface area contributed by atoms with Gasteiger partial charge in [-0.25, -0.2) is 4.39 Å². The van der Waals surface area contributed by atoms with Gasteiger partial charge in [-0.05, 0) is 61.4 Å². The lowest BCUT2D eigenvalue weighted by molar-refractivity contribution is 0.452. The monoisotopic (exact) mass is 249 g/mol. The number of aryl methyl sites for hydroxylation is 2. The van der Waals surface area contributed by atoms with E-state index in [1.165, 1.54) is 32.1 Å². The Labute approximate surface area is 110 Å². The van der Waals surface area contributed by atoms with E-state index in [1.807, 2.05) is 13.8 Å². The zero-order valence-electron chi connectivity index (χ0n) is 11.5. The largest absolute Gasteiger partial charge is 0.324 e. The van der Waals surface area contributed by atoms with Gasteiger partial charge in [0, 0.05) is 6.04 Å². The van der Waals surface area contributed by atoms with Crippen molar-refractivity contribution in [2.45, 2.75) is 58.4 Å². The van der Waals surface area contributed by atoms with Crippen LogP contribution in [0.3, 0.4) is 0 Å². The maximum absolute atomic E-state index is 13.3. The highest BCUT2D eigenvalue weighted by atomic mass is 19.1. The molecule has 1 nitrogen and oxygen atoms in total. The quantitative estimate of drug-likeness (QED) is 0.840. The summed E-state index contributed by atoms with van der Waals surface area (Å²) in [4.78, 5) is 0. The third kappa shape index (κ3) is 3.11. The van der Waals surface area contributed by atoms with E-state index in [2.05, 4.69) is 0 Å². The molecule has 2 N–H and O–H groups in total. The molecular weight excluding hydrogens is 225 g/mol. The zero-order chi connectivity index (χ0) is 13.1. The first-order valence-corrected chi connectivity index (χ1v) is 7.10. The number of benzene rings is 1. The van der Waals surface area contributed by atoms with Crippen LogP contribution in [-0.2, 0) is 0 Å². The molecule has 1 unspecified atom stereocenters. The zero-order valence-corrected chi connectivity index (χ0v) is 11.5. The molecule has 0 bridgehead atoms. The average molecular weight is 249 g/mol. The van der Waals surface area contributed by atoms with Crippen LogP contribution in [0, 0.1) is 25.6 Å². The molecule has 1 aromatic rings. The maximum atomic E-state index is 13.3. The Morgan fingerprint density at radius 3 is 2.33 bits per heavy atom. The van der Waals surface area contributed by atoms with Crippen LogP contribution in [0.4, 0.5) is 4.39 Å². The smallest absolute Gasteiger partial charge is 0.123 e. The van der Waals surface area contributed by atoms with Crippen molar-refractivity contribution in [1.29, 1.82) is 0 Å². The molecule has 1 aromatic carbocycles. The molecule has 18 heavy (non-hydrogen) atoms. The molecule has 0 aliphatic heterocycles. The first kappa shape index (κ1) is 13.5. The highest BCUT2D eigenvalue weighted by molar-refractivity contribution is 5.36. The molecule has 0 heterocycles. The van der Waals surface area contributed by atoms with E-state index in [-0.39, 0.29) is 11.9 Å². The van der Waals surface area contributed by atoms with Gasteiger partial charge >= 0.3 is 0 Å². The summed E-state index contributed by atoms with van der Waals surface area (Å²) in [6.45, 7) is 3.92. The third-order valence-corrected chi connectivity index (χ3v) is 4.29. The van der Waals surface area contributed by atoms with Gasteiger partial charge in [0.25, 0.3) is 0 Å². The predicted molar refractivity (Wildman–Crippen MR) is 74.0 cm³/mol. The lowest BCUT2D eigenvalue weighted by Crippen LogP contribution is -2.15. The number of nitrogens with two attached hydrogens (primary N) is 1. The SMILES string of the molecule is Cc1cc(F)cc(C)c1C(N)CCC1CCCC1. The summed E-state index contributed by atoms with van der Waals surface area (Å²) in [5.41, 5.74) is 9.43. The third-order valence-electron chi connectivity index (χ3n) is 4.29. The number of rotatable bonds is 4. The summed E-state index contributed by atoms with van der Waals surface area (Å²) < 4.78 is 13.3. The van der Waals surface area contributed by atoms with Gasteiger partial charge in [-0.3, -0.25) is 0 Å². The van der Waals surface area contributed by atoms with Crippen molar-refractivity contribution in [3.05, 3.63) is 34.6 Å².